The van der Waals surface area contributed by atoms with Crippen LogP contribution in [0.25, 0.3) is 0 Å². The van der Waals surface area contributed by atoms with Crippen molar-refractivity contribution in [2.45, 2.75) is 38.6 Å². The molecular formula is C15H22N2O2. The molecule has 1 atom stereocenters. The van der Waals surface area contributed by atoms with Crippen molar-refractivity contribution in [1.82, 2.24) is 4.90 Å². The predicted octanol–water partition coefficient (Wildman–Crippen LogP) is 1.95. The third-order valence-electron chi connectivity index (χ3n) is 3.87. The Morgan fingerprint density at radius 2 is 2.26 bits per heavy atom. The molecule has 1 heterocycles. The van der Waals surface area contributed by atoms with Crippen molar-refractivity contribution in [1.29, 1.82) is 0 Å². The summed E-state index contributed by atoms with van der Waals surface area (Å²) in [4.78, 5) is 14.6. The van der Waals surface area contributed by atoms with Crippen LogP contribution in [0.3, 0.4) is 0 Å². The summed E-state index contributed by atoms with van der Waals surface area (Å²) in [5.41, 5.74) is 8.02. The Kier molecular flexibility index (Phi) is 4.43. The number of carbonyl (C=O) groups excluding carboxylic acids is 1. The number of nitrogens with two attached hydrogens (primary N) is 1. The van der Waals surface area contributed by atoms with E-state index in [1.54, 1.807) is 6.07 Å². The first-order valence-corrected chi connectivity index (χ1v) is 6.92. The third kappa shape index (κ3) is 2.89. The molecule has 1 aromatic rings. The minimum atomic E-state index is 0.00810. The van der Waals surface area contributed by atoms with E-state index in [9.17, 15) is 4.79 Å². The largest absolute Gasteiger partial charge is 0.398 e. The number of hydrogen-bond donors (Lipinski definition) is 2. The molecule has 1 unspecified atom stereocenters. The van der Waals surface area contributed by atoms with Crippen molar-refractivity contribution in [3.63, 3.8) is 0 Å². The van der Waals surface area contributed by atoms with E-state index >= 15 is 0 Å². The molecule has 0 aromatic heterocycles. The van der Waals surface area contributed by atoms with Gasteiger partial charge >= 0.3 is 0 Å². The molecule has 4 nitrogen and oxygen atoms in total. The Labute approximate surface area is 114 Å². The maximum absolute atomic E-state index is 12.7. The van der Waals surface area contributed by atoms with Crippen molar-refractivity contribution in [3.05, 3.63) is 29.3 Å². The average Bonchev–Trinajstić information content (AvgIpc) is 2.39. The van der Waals surface area contributed by atoms with Crippen LogP contribution >= 0.6 is 0 Å². The van der Waals surface area contributed by atoms with Gasteiger partial charge in [-0.2, -0.15) is 0 Å². The lowest BCUT2D eigenvalue weighted by Crippen LogP contribution is -2.44. The number of nitrogens with zero attached hydrogens (tertiary/aromatic N) is 1. The quantitative estimate of drug-likeness (QED) is 0.818. The van der Waals surface area contributed by atoms with Gasteiger partial charge in [-0.15, -0.1) is 0 Å². The Morgan fingerprint density at radius 3 is 2.95 bits per heavy atom. The maximum atomic E-state index is 12.7. The standard InChI is InChI=1S/C15H22N2O2/c1-11-5-4-7-13(16)14(11)15(19)17-9-3-2-6-12(17)8-10-18/h4-5,7,12,18H,2-3,6,8-10,16H2,1H3. The molecule has 0 aliphatic carbocycles. The van der Waals surface area contributed by atoms with Crippen LogP contribution in [0.15, 0.2) is 18.2 Å². The minimum absolute atomic E-state index is 0.00810. The van der Waals surface area contributed by atoms with Gasteiger partial charge in [0.15, 0.2) is 0 Å². The maximum Gasteiger partial charge on any atom is 0.256 e. The molecule has 1 amide bonds. The molecule has 104 valence electrons. The highest BCUT2D eigenvalue weighted by atomic mass is 16.3. The monoisotopic (exact) mass is 262 g/mol. The van der Waals surface area contributed by atoms with Crippen molar-refractivity contribution < 1.29 is 9.90 Å². The lowest BCUT2D eigenvalue weighted by Gasteiger charge is -2.36. The second kappa shape index (κ2) is 6.06. The zero-order chi connectivity index (χ0) is 13.8. The van der Waals surface area contributed by atoms with Gasteiger partial charge < -0.3 is 15.7 Å². The molecule has 2 rings (SSSR count). The van der Waals surface area contributed by atoms with Crippen LogP contribution in [0.2, 0.25) is 0 Å². The Balaban J connectivity index is 2.26. The molecule has 0 radical (unpaired) electrons. The molecule has 1 aliphatic heterocycles. The second-order valence-corrected chi connectivity index (χ2v) is 5.20. The summed E-state index contributed by atoms with van der Waals surface area (Å²) in [6, 6.07) is 5.69. The number of likely N-dealkylation sites (tertiary alicyclic amines) is 1. The van der Waals surface area contributed by atoms with E-state index in [0.29, 0.717) is 17.7 Å². The van der Waals surface area contributed by atoms with Crippen LogP contribution in [-0.4, -0.2) is 35.1 Å². The van der Waals surface area contributed by atoms with E-state index in [-0.39, 0.29) is 18.6 Å². The number of nitrogen functional groups attached to an aromatic ring is 1. The fourth-order valence-electron chi connectivity index (χ4n) is 2.84. The molecule has 1 fully saturated rings. The fraction of sp³-hybridized carbons (Fsp3) is 0.533. The van der Waals surface area contributed by atoms with Crippen molar-refractivity contribution in [2.75, 3.05) is 18.9 Å². The zero-order valence-corrected chi connectivity index (χ0v) is 11.4. The van der Waals surface area contributed by atoms with Crippen LogP contribution in [0.4, 0.5) is 5.69 Å². The van der Waals surface area contributed by atoms with Gasteiger partial charge in [0.1, 0.15) is 0 Å². The number of anilines is 1. The lowest BCUT2D eigenvalue weighted by atomic mass is 9.97. The summed E-state index contributed by atoms with van der Waals surface area (Å²) < 4.78 is 0. The summed E-state index contributed by atoms with van der Waals surface area (Å²) in [7, 11) is 0. The normalized spacial score (nSPS) is 19.5. The van der Waals surface area contributed by atoms with Crippen LogP contribution in [-0.2, 0) is 0 Å². The summed E-state index contributed by atoms with van der Waals surface area (Å²) in [6.07, 6.45) is 3.77. The van der Waals surface area contributed by atoms with Gasteiger partial charge in [0, 0.05) is 24.9 Å². The fourth-order valence-corrected chi connectivity index (χ4v) is 2.84. The van der Waals surface area contributed by atoms with Crippen molar-refractivity contribution in [3.8, 4) is 0 Å². The lowest BCUT2D eigenvalue weighted by molar-refractivity contribution is 0.0575. The number of aliphatic hydroxyl groups is 1. The molecule has 1 aromatic carbocycles. The van der Waals surface area contributed by atoms with Crippen molar-refractivity contribution in [2.24, 2.45) is 0 Å². The van der Waals surface area contributed by atoms with E-state index in [1.165, 1.54) is 0 Å². The smallest absolute Gasteiger partial charge is 0.256 e. The zero-order valence-electron chi connectivity index (χ0n) is 11.4. The van der Waals surface area contributed by atoms with Gasteiger partial charge in [-0.1, -0.05) is 12.1 Å². The highest BCUT2D eigenvalue weighted by molar-refractivity contribution is 6.00. The highest BCUT2D eigenvalue weighted by Gasteiger charge is 2.28. The Morgan fingerprint density at radius 1 is 1.47 bits per heavy atom. The molecule has 0 saturated carbocycles. The number of amides is 1. The minimum Gasteiger partial charge on any atom is -0.398 e. The van der Waals surface area contributed by atoms with Gasteiger partial charge in [-0.25, -0.2) is 0 Å². The number of aryl methyl sites for hydroxylation is 1. The average molecular weight is 262 g/mol. The van der Waals surface area contributed by atoms with E-state index in [2.05, 4.69) is 0 Å². The third-order valence-corrected chi connectivity index (χ3v) is 3.87. The first-order chi connectivity index (χ1) is 9.15. The van der Waals surface area contributed by atoms with E-state index in [4.69, 9.17) is 10.8 Å². The molecule has 0 spiro atoms. The number of rotatable bonds is 3. The number of benzene rings is 1. The van der Waals surface area contributed by atoms with E-state index < -0.39 is 0 Å². The van der Waals surface area contributed by atoms with Crippen LogP contribution in [0.5, 0.6) is 0 Å². The van der Waals surface area contributed by atoms with E-state index in [0.717, 1.165) is 31.4 Å². The van der Waals surface area contributed by atoms with E-state index in [1.807, 2.05) is 24.0 Å². The SMILES string of the molecule is Cc1cccc(N)c1C(=O)N1CCCCC1CCO. The Hall–Kier alpha value is -1.55. The summed E-state index contributed by atoms with van der Waals surface area (Å²) in [5.74, 6) is 0.00810. The van der Waals surface area contributed by atoms with Gasteiger partial charge in [-0.3, -0.25) is 4.79 Å². The summed E-state index contributed by atoms with van der Waals surface area (Å²) in [6.45, 7) is 2.80. The van der Waals surface area contributed by atoms with Gasteiger partial charge in [0.25, 0.3) is 5.91 Å². The first kappa shape index (κ1) is 13.9. The topological polar surface area (TPSA) is 66.6 Å². The van der Waals surface area contributed by atoms with Gasteiger partial charge in [0.05, 0.1) is 5.56 Å². The number of carbonyl (C=O) groups is 1. The molecule has 1 saturated heterocycles. The number of hydrogen-bond acceptors (Lipinski definition) is 3. The first-order valence-electron chi connectivity index (χ1n) is 6.92. The molecule has 1 aliphatic rings. The summed E-state index contributed by atoms with van der Waals surface area (Å²) in [5, 5.41) is 9.14. The Bertz CT molecular complexity index is 437. The number of aliphatic hydroxyl groups excluding tert-OH is 1. The predicted molar refractivity (Wildman–Crippen MR) is 76.0 cm³/mol. The highest BCUT2D eigenvalue weighted by Crippen LogP contribution is 2.25. The van der Waals surface area contributed by atoms with Crippen LogP contribution < -0.4 is 5.73 Å². The van der Waals surface area contributed by atoms with Crippen LogP contribution in [0.1, 0.15) is 41.6 Å². The molecule has 0 bridgehead atoms. The number of piperidine rings is 1. The molecule has 3 N–H and O–H groups in total. The van der Waals surface area contributed by atoms with Gasteiger partial charge in [-0.05, 0) is 44.2 Å². The molecule has 4 heteroatoms. The van der Waals surface area contributed by atoms with Crippen molar-refractivity contribution >= 4 is 11.6 Å². The van der Waals surface area contributed by atoms with Crippen LogP contribution in [0, 0.1) is 6.92 Å². The summed E-state index contributed by atoms with van der Waals surface area (Å²) >= 11 is 0. The molecular weight excluding hydrogens is 240 g/mol. The van der Waals surface area contributed by atoms with Gasteiger partial charge in [0.2, 0.25) is 0 Å². The second-order valence-electron chi connectivity index (χ2n) is 5.20. The molecule has 19 heavy (non-hydrogen) atoms.